The monoisotopic (exact) mass is 326 g/mol. The predicted octanol–water partition coefficient (Wildman–Crippen LogP) is 3.31. The van der Waals surface area contributed by atoms with Crippen molar-refractivity contribution >= 4 is 28.6 Å². The maximum Gasteiger partial charge on any atom is 0.271 e. The zero-order chi connectivity index (χ0) is 15.2. The van der Waals surface area contributed by atoms with Crippen LogP contribution in [0.1, 0.15) is 18.4 Å². The van der Waals surface area contributed by atoms with Crippen molar-refractivity contribution < 1.29 is 4.92 Å². The summed E-state index contributed by atoms with van der Waals surface area (Å²) in [5.41, 5.74) is 0.589. The fourth-order valence-corrected chi connectivity index (χ4v) is 2.91. The second-order valence-electron chi connectivity index (χ2n) is 4.41. The Bertz CT molecular complexity index is 632. The van der Waals surface area contributed by atoms with E-state index in [1.165, 1.54) is 23.5 Å². The summed E-state index contributed by atoms with van der Waals surface area (Å²) in [4.78, 5) is 10.4. The second-order valence-corrected chi connectivity index (χ2v) is 5.91. The molecular formula is C13H15ClN4O2S. The predicted molar refractivity (Wildman–Crippen MR) is 83.9 cm³/mol. The minimum absolute atomic E-state index is 0.0404. The van der Waals surface area contributed by atoms with Crippen molar-refractivity contribution in [3.8, 4) is 10.6 Å². The van der Waals surface area contributed by atoms with Crippen molar-refractivity contribution in [3.05, 3.63) is 38.3 Å². The molecule has 8 heteroatoms. The zero-order valence-corrected chi connectivity index (χ0v) is 13.1. The lowest BCUT2D eigenvalue weighted by molar-refractivity contribution is -0.384. The SMILES string of the molecule is CCNCCCc1nnc(-c2cc(Cl)cc([N+](=O)[O-])c2)s1. The Labute approximate surface area is 131 Å². The van der Waals surface area contributed by atoms with E-state index in [0.29, 0.717) is 15.6 Å². The van der Waals surface area contributed by atoms with Gasteiger partial charge in [-0.3, -0.25) is 10.1 Å². The molecule has 0 fully saturated rings. The number of halogens is 1. The molecule has 0 saturated heterocycles. The third-order valence-electron chi connectivity index (χ3n) is 2.80. The molecule has 0 atom stereocenters. The largest absolute Gasteiger partial charge is 0.317 e. The van der Waals surface area contributed by atoms with Gasteiger partial charge in [0.05, 0.1) is 4.92 Å². The van der Waals surface area contributed by atoms with E-state index in [2.05, 4.69) is 22.4 Å². The van der Waals surface area contributed by atoms with E-state index >= 15 is 0 Å². The van der Waals surface area contributed by atoms with Crippen molar-refractivity contribution in [3.63, 3.8) is 0 Å². The number of nitrogens with zero attached hydrogens (tertiary/aromatic N) is 3. The molecule has 1 aromatic carbocycles. The highest BCUT2D eigenvalue weighted by molar-refractivity contribution is 7.14. The van der Waals surface area contributed by atoms with Gasteiger partial charge in [0.25, 0.3) is 5.69 Å². The van der Waals surface area contributed by atoms with Gasteiger partial charge in [-0.25, -0.2) is 0 Å². The molecule has 0 amide bonds. The van der Waals surface area contributed by atoms with Gasteiger partial charge in [-0.2, -0.15) is 0 Å². The number of benzene rings is 1. The van der Waals surface area contributed by atoms with Crippen LogP contribution in [0, 0.1) is 10.1 Å². The number of nitrogens with one attached hydrogen (secondary N) is 1. The number of aromatic nitrogens is 2. The Hall–Kier alpha value is -1.57. The Morgan fingerprint density at radius 3 is 2.90 bits per heavy atom. The molecule has 2 aromatic rings. The first-order valence-corrected chi connectivity index (χ1v) is 7.78. The van der Waals surface area contributed by atoms with Gasteiger partial charge < -0.3 is 5.32 Å². The number of rotatable bonds is 7. The van der Waals surface area contributed by atoms with Crippen molar-refractivity contribution in [1.29, 1.82) is 0 Å². The van der Waals surface area contributed by atoms with Gasteiger partial charge in [0.1, 0.15) is 10.0 Å². The number of hydrogen-bond donors (Lipinski definition) is 1. The first-order valence-electron chi connectivity index (χ1n) is 6.58. The summed E-state index contributed by atoms with van der Waals surface area (Å²) in [5, 5.41) is 24.2. The Morgan fingerprint density at radius 2 is 2.19 bits per heavy atom. The molecule has 21 heavy (non-hydrogen) atoms. The molecule has 0 aliphatic heterocycles. The number of aryl methyl sites for hydroxylation is 1. The van der Waals surface area contributed by atoms with E-state index in [0.717, 1.165) is 30.9 Å². The van der Waals surface area contributed by atoms with Crippen LogP contribution in [0.4, 0.5) is 5.69 Å². The third-order valence-corrected chi connectivity index (χ3v) is 4.05. The lowest BCUT2D eigenvalue weighted by atomic mass is 10.2. The van der Waals surface area contributed by atoms with Crippen LogP contribution in [0.25, 0.3) is 10.6 Å². The van der Waals surface area contributed by atoms with E-state index in [-0.39, 0.29) is 5.69 Å². The summed E-state index contributed by atoms with van der Waals surface area (Å²) in [6, 6.07) is 4.45. The van der Waals surface area contributed by atoms with Crippen LogP contribution in [-0.4, -0.2) is 28.2 Å². The van der Waals surface area contributed by atoms with Gasteiger partial charge in [-0.1, -0.05) is 29.9 Å². The number of hydrogen-bond acceptors (Lipinski definition) is 6. The van der Waals surface area contributed by atoms with E-state index < -0.39 is 4.92 Å². The molecular weight excluding hydrogens is 312 g/mol. The Morgan fingerprint density at radius 1 is 1.38 bits per heavy atom. The van der Waals surface area contributed by atoms with Crippen LogP contribution in [-0.2, 0) is 6.42 Å². The van der Waals surface area contributed by atoms with Crippen LogP contribution in [0.5, 0.6) is 0 Å². The van der Waals surface area contributed by atoms with Crippen molar-refractivity contribution in [2.45, 2.75) is 19.8 Å². The second kappa shape index (κ2) is 7.44. The smallest absolute Gasteiger partial charge is 0.271 e. The molecule has 2 rings (SSSR count). The van der Waals surface area contributed by atoms with Crippen molar-refractivity contribution in [1.82, 2.24) is 15.5 Å². The standard InChI is InChI=1S/C13H15ClN4O2S/c1-2-15-5-3-4-12-16-17-13(21-12)9-6-10(14)8-11(7-9)18(19)20/h6-8,15H,2-5H2,1H3. The Kier molecular flexibility index (Phi) is 5.60. The van der Waals surface area contributed by atoms with E-state index in [4.69, 9.17) is 11.6 Å². The minimum atomic E-state index is -0.465. The summed E-state index contributed by atoms with van der Waals surface area (Å²) in [6.45, 7) is 3.96. The zero-order valence-electron chi connectivity index (χ0n) is 11.5. The first-order chi connectivity index (χ1) is 10.1. The number of nitro benzene ring substituents is 1. The number of nitro groups is 1. The summed E-state index contributed by atoms with van der Waals surface area (Å²) >= 11 is 7.35. The fourth-order valence-electron chi connectivity index (χ4n) is 1.82. The van der Waals surface area contributed by atoms with Gasteiger partial charge in [0.2, 0.25) is 0 Å². The van der Waals surface area contributed by atoms with Gasteiger partial charge in [-0.15, -0.1) is 10.2 Å². The first kappa shape index (κ1) is 15.8. The maximum atomic E-state index is 10.9. The maximum absolute atomic E-state index is 10.9. The highest BCUT2D eigenvalue weighted by Crippen LogP contribution is 2.30. The van der Waals surface area contributed by atoms with Gasteiger partial charge in [-0.05, 0) is 25.6 Å². The molecule has 112 valence electrons. The van der Waals surface area contributed by atoms with E-state index in [1.54, 1.807) is 6.07 Å². The van der Waals surface area contributed by atoms with Crippen molar-refractivity contribution in [2.75, 3.05) is 13.1 Å². The lowest BCUT2D eigenvalue weighted by Crippen LogP contribution is -2.14. The summed E-state index contributed by atoms with van der Waals surface area (Å²) < 4.78 is 0. The molecule has 0 bridgehead atoms. The highest BCUT2D eigenvalue weighted by Gasteiger charge is 2.13. The van der Waals surface area contributed by atoms with Crippen LogP contribution in [0.15, 0.2) is 18.2 Å². The average molecular weight is 327 g/mol. The number of non-ortho nitro benzene ring substituents is 1. The molecule has 0 radical (unpaired) electrons. The van der Waals surface area contributed by atoms with Gasteiger partial charge >= 0.3 is 0 Å². The molecule has 0 aliphatic rings. The molecule has 6 nitrogen and oxygen atoms in total. The van der Waals surface area contributed by atoms with Crippen LogP contribution >= 0.6 is 22.9 Å². The average Bonchev–Trinajstić information content (AvgIpc) is 2.92. The molecule has 0 spiro atoms. The summed E-state index contributed by atoms with van der Waals surface area (Å²) in [7, 11) is 0. The van der Waals surface area contributed by atoms with Crippen molar-refractivity contribution in [2.24, 2.45) is 0 Å². The molecule has 0 saturated carbocycles. The molecule has 0 unspecified atom stereocenters. The fraction of sp³-hybridized carbons (Fsp3) is 0.385. The quantitative estimate of drug-likeness (QED) is 0.479. The molecule has 1 N–H and O–H groups in total. The highest BCUT2D eigenvalue weighted by atomic mass is 35.5. The molecule has 1 heterocycles. The van der Waals surface area contributed by atoms with Gasteiger partial charge in [0, 0.05) is 29.1 Å². The minimum Gasteiger partial charge on any atom is -0.317 e. The molecule has 1 aromatic heterocycles. The molecule has 0 aliphatic carbocycles. The van der Waals surface area contributed by atoms with Crippen LogP contribution < -0.4 is 5.32 Å². The Balaban J connectivity index is 2.12. The lowest BCUT2D eigenvalue weighted by Gasteiger charge is -1.98. The van der Waals surface area contributed by atoms with Crippen LogP contribution in [0.3, 0.4) is 0 Å². The van der Waals surface area contributed by atoms with Gasteiger partial charge in [0.15, 0.2) is 0 Å². The van der Waals surface area contributed by atoms with E-state index in [9.17, 15) is 10.1 Å². The summed E-state index contributed by atoms with van der Waals surface area (Å²) in [6.07, 6.45) is 1.82. The summed E-state index contributed by atoms with van der Waals surface area (Å²) in [5.74, 6) is 0. The third kappa shape index (κ3) is 4.45. The topological polar surface area (TPSA) is 81.0 Å². The van der Waals surface area contributed by atoms with E-state index in [1.807, 2.05) is 0 Å². The normalized spacial score (nSPS) is 10.8. The van der Waals surface area contributed by atoms with Crippen LogP contribution in [0.2, 0.25) is 5.02 Å².